The van der Waals surface area contributed by atoms with Crippen LogP contribution in [0.1, 0.15) is 39.7 Å². The Morgan fingerprint density at radius 2 is 1.83 bits per heavy atom. The zero-order valence-electron chi connectivity index (χ0n) is 19.4. The van der Waals surface area contributed by atoms with Gasteiger partial charge in [-0.1, -0.05) is 55.5 Å². The largest absolute Gasteiger partial charge is 0.365 e. The van der Waals surface area contributed by atoms with Crippen LogP contribution in [0, 0.1) is 5.92 Å². The van der Waals surface area contributed by atoms with Gasteiger partial charge in [0.1, 0.15) is 5.00 Å². The van der Waals surface area contributed by atoms with E-state index in [1.54, 1.807) is 10.8 Å². The Morgan fingerprint density at radius 3 is 2.54 bits per heavy atom. The molecule has 2 heterocycles. The quantitative estimate of drug-likeness (QED) is 0.357. The number of primary amides is 1. The first-order valence-corrected chi connectivity index (χ1v) is 12.4. The molecule has 176 valence electrons. The van der Waals surface area contributed by atoms with E-state index in [-0.39, 0.29) is 5.91 Å². The predicted octanol–water partition coefficient (Wildman–Crippen LogP) is 5.48. The molecule has 0 spiro atoms. The molecule has 5 rings (SSSR count). The molecule has 0 saturated carbocycles. The number of aromatic nitrogens is 2. The Bertz CT molecular complexity index is 1400. The van der Waals surface area contributed by atoms with Crippen LogP contribution in [0.15, 0.2) is 72.9 Å². The first kappa shape index (κ1) is 22.8. The fourth-order valence-corrected chi connectivity index (χ4v) is 5.88. The van der Waals surface area contributed by atoms with Gasteiger partial charge < -0.3 is 11.1 Å². The van der Waals surface area contributed by atoms with E-state index in [0.29, 0.717) is 16.5 Å². The van der Waals surface area contributed by atoms with Crippen molar-refractivity contribution >= 4 is 34.2 Å². The summed E-state index contributed by atoms with van der Waals surface area (Å²) < 4.78 is 1.81. The molecular formula is C28H26N4O2S. The van der Waals surface area contributed by atoms with Gasteiger partial charge in [0.2, 0.25) is 5.91 Å². The van der Waals surface area contributed by atoms with Gasteiger partial charge in [-0.05, 0) is 49.0 Å². The van der Waals surface area contributed by atoms with Crippen molar-refractivity contribution in [1.29, 1.82) is 0 Å². The molecule has 35 heavy (non-hydrogen) atoms. The number of nitrogens with one attached hydrogen (secondary N) is 1. The molecule has 0 aliphatic heterocycles. The maximum Gasteiger partial charge on any atom is 0.251 e. The number of hydrogen-bond donors (Lipinski definition) is 2. The maximum atomic E-state index is 12.9. The van der Waals surface area contributed by atoms with Crippen LogP contribution in [0.25, 0.3) is 23.0 Å². The smallest absolute Gasteiger partial charge is 0.251 e. The standard InChI is InChI=1S/C28H26N4O2S/c1-18-12-14-22-23(16-18)35-28(25(22)27(29)34)30-24(33)15-13-20-17-32(21-10-6-3-7-11-21)31-26(20)19-8-4-2-5-9-19/h2-11,13,15,17-18H,12,14,16H2,1H3,(H2,29,34)(H,30,33). The molecule has 2 amide bonds. The minimum atomic E-state index is -0.494. The third-order valence-corrected chi connectivity index (χ3v) is 7.39. The second-order valence-electron chi connectivity index (χ2n) is 8.82. The van der Waals surface area contributed by atoms with E-state index in [4.69, 9.17) is 10.8 Å². The number of rotatable bonds is 6. The molecule has 1 atom stereocenters. The van der Waals surface area contributed by atoms with Gasteiger partial charge in [-0.3, -0.25) is 9.59 Å². The van der Waals surface area contributed by atoms with Gasteiger partial charge in [0.15, 0.2) is 0 Å². The average molecular weight is 483 g/mol. The summed E-state index contributed by atoms with van der Waals surface area (Å²) in [5.41, 5.74) is 10.6. The number of nitrogens with zero attached hydrogens (tertiary/aromatic N) is 2. The fourth-order valence-electron chi connectivity index (χ4n) is 4.46. The van der Waals surface area contributed by atoms with Gasteiger partial charge in [-0.15, -0.1) is 11.3 Å². The second-order valence-corrected chi connectivity index (χ2v) is 9.93. The highest BCUT2D eigenvalue weighted by molar-refractivity contribution is 7.17. The number of para-hydroxylation sites is 1. The number of amides is 2. The Hall–Kier alpha value is -3.97. The monoisotopic (exact) mass is 482 g/mol. The third-order valence-electron chi connectivity index (χ3n) is 6.22. The van der Waals surface area contributed by atoms with Gasteiger partial charge in [-0.2, -0.15) is 5.10 Å². The van der Waals surface area contributed by atoms with Crippen LogP contribution in [0.5, 0.6) is 0 Å². The minimum Gasteiger partial charge on any atom is -0.365 e. The van der Waals surface area contributed by atoms with E-state index in [2.05, 4.69) is 12.2 Å². The predicted molar refractivity (Wildman–Crippen MR) is 141 cm³/mol. The third kappa shape index (κ3) is 4.81. The topological polar surface area (TPSA) is 90.0 Å². The van der Waals surface area contributed by atoms with Crippen molar-refractivity contribution in [1.82, 2.24) is 9.78 Å². The van der Waals surface area contributed by atoms with E-state index in [1.165, 1.54) is 17.4 Å². The summed E-state index contributed by atoms with van der Waals surface area (Å²) in [5, 5.41) is 8.21. The summed E-state index contributed by atoms with van der Waals surface area (Å²) in [6.45, 7) is 2.20. The average Bonchev–Trinajstić information content (AvgIpc) is 3.45. The normalized spacial score (nSPS) is 15.2. The number of anilines is 1. The maximum absolute atomic E-state index is 12.9. The molecule has 7 heteroatoms. The summed E-state index contributed by atoms with van der Waals surface area (Å²) in [5.74, 6) is -0.250. The highest BCUT2D eigenvalue weighted by atomic mass is 32.1. The molecule has 0 bridgehead atoms. The molecule has 1 aliphatic carbocycles. The van der Waals surface area contributed by atoms with E-state index in [9.17, 15) is 9.59 Å². The second kappa shape index (κ2) is 9.72. The van der Waals surface area contributed by atoms with Gasteiger partial charge in [-0.25, -0.2) is 4.68 Å². The summed E-state index contributed by atoms with van der Waals surface area (Å²) in [7, 11) is 0. The van der Waals surface area contributed by atoms with E-state index >= 15 is 0 Å². The van der Waals surface area contributed by atoms with Crippen LogP contribution in [-0.4, -0.2) is 21.6 Å². The molecule has 6 nitrogen and oxygen atoms in total. The summed E-state index contributed by atoms with van der Waals surface area (Å²) in [6.07, 6.45) is 7.88. The molecule has 2 aromatic heterocycles. The molecular weight excluding hydrogens is 456 g/mol. The van der Waals surface area contributed by atoms with E-state index in [0.717, 1.165) is 52.2 Å². The molecule has 3 N–H and O–H groups in total. The molecule has 4 aromatic rings. The zero-order chi connectivity index (χ0) is 24.4. The van der Waals surface area contributed by atoms with Crippen molar-refractivity contribution in [3.8, 4) is 16.9 Å². The SMILES string of the molecule is CC1CCc2c(sc(NC(=O)C=Cc3cn(-c4ccccc4)nc3-c3ccccc3)c2C(N)=O)C1. The highest BCUT2D eigenvalue weighted by Crippen LogP contribution is 2.39. The lowest BCUT2D eigenvalue weighted by molar-refractivity contribution is -0.111. The van der Waals surface area contributed by atoms with Crippen molar-refractivity contribution in [3.63, 3.8) is 0 Å². The number of carbonyl (C=O) groups excluding carboxylic acids is 2. The van der Waals surface area contributed by atoms with Gasteiger partial charge in [0.25, 0.3) is 5.91 Å². The van der Waals surface area contributed by atoms with E-state index in [1.807, 2.05) is 66.9 Å². The molecule has 0 fully saturated rings. The molecule has 0 radical (unpaired) electrons. The van der Waals surface area contributed by atoms with Crippen molar-refractivity contribution < 1.29 is 9.59 Å². The Labute approximate surface area is 208 Å². The van der Waals surface area contributed by atoms with E-state index < -0.39 is 5.91 Å². The van der Waals surface area contributed by atoms with Crippen LogP contribution in [0.4, 0.5) is 5.00 Å². The van der Waals surface area contributed by atoms with Crippen LogP contribution in [0.2, 0.25) is 0 Å². The van der Waals surface area contributed by atoms with Gasteiger partial charge >= 0.3 is 0 Å². The Balaban J connectivity index is 1.44. The number of fused-ring (bicyclic) bond motifs is 1. The molecule has 1 unspecified atom stereocenters. The lowest BCUT2D eigenvalue weighted by atomic mass is 9.88. The summed E-state index contributed by atoms with van der Waals surface area (Å²) in [4.78, 5) is 26.2. The number of thiophene rings is 1. The van der Waals surface area contributed by atoms with Crippen molar-refractivity contribution in [3.05, 3.63) is 94.5 Å². The van der Waals surface area contributed by atoms with Crippen molar-refractivity contribution in [2.45, 2.75) is 26.2 Å². The fraction of sp³-hybridized carbons (Fsp3) is 0.179. The molecule has 0 saturated heterocycles. The number of hydrogen-bond acceptors (Lipinski definition) is 4. The van der Waals surface area contributed by atoms with Crippen LogP contribution < -0.4 is 11.1 Å². The number of nitrogens with two attached hydrogens (primary N) is 1. The minimum absolute atomic E-state index is 0.314. The first-order chi connectivity index (χ1) is 17.0. The number of carbonyl (C=O) groups is 2. The van der Waals surface area contributed by atoms with Crippen LogP contribution in [0.3, 0.4) is 0 Å². The van der Waals surface area contributed by atoms with Crippen molar-refractivity contribution in [2.24, 2.45) is 11.7 Å². The lowest BCUT2D eigenvalue weighted by Gasteiger charge is -2.18. The van der Waals surface area contributed by atoms with Crippen LogP contribution in [-0.2, 0) is 17.6 Å². The highest BCUT2D eigenvalue weighted by Gasteiger charge is 2.27. The number of benzene rings is 2. The van der Waals surface area contributed by atoms with Gasteiger partial charge in [0.05, 0.1) is 16.9 Å². The summed E-state index contributed by atoms with van der Waals surface area (Å²) in [6, 6.07) is 19.7. The zero-order valence-corrected chi connectivity index (χ0v) is 20.2. The first-order valence-electron chi connectivity index (χ1n) is 11.6. The molecule has 1 aliphatic rings. The lowest BCUT2D eigenvalue weighted by Crippen LogP contribution is -2.18. The summed E-state index contributed by atoms with van der Waals surface area (Å²) >= 11 is 1.46. The Kier molecular flexibility index (Phi) is 6.33. The Morgan fingerprint density at radius 1 is 1.11 bits per heavy atom. The van der Waals surface area contributed by atoms with Gasteiger partial charge in [0, 0.05) is 28.3 Å². The molecule has 2 aromatic carbocycles. The van der Waals surface area contributed by atoms with Crippen molar-refractivity contribution in [2.75, 3.05) is 5.32 Å². The van der Waals surface area contributed by atoms with Crippen LogP contribution >= 0.6 is 11.3 Å².